The van der Waals surface area contributed by atoms with Crippen LogP contribution in [0.2, 0.25) is 0 Å². The lowest BCUT2D eigenvalue weighted by Crippen LogP contribution is -2.10. The van der Waals surface area contributed by atoms with Gasteiger partial charge in [-0.1, -0.05) is 19.8 Å². The Morgan fingerprint density at radius 3 is 2.64 bits per heavy atom. The Morgan fingerprint density at radius 1 is 1.43 bits per heavy atom. The van der Waals surface area contributed by atoms with E-state index in [2.05, 4.69) is 24.0 Å². The van der Waals surface area contributed by atoms with Crippen LogP contribution in [0.5, 0.6) is 0 Å². The normalized spacial score (nSPS) is 20.4. The number of hydrogen-bond donors (Lipinski definition) is 0. The first-order valence-corrected chi connectivity index (χ1v) is 5.75. The number of nitrogens with zero attached hydrogens (tertiary/aromatic N) is 1. The zero-order valence-electron chi connectivity index (χ0n) is 8.49. The average molecular weight is 210 g/mol. The lowest BCUT2D eigenvalue weighted by Gasteiger charge is -2.17. The third kappa shape index (κ3) is 2.48. The van der Waals surface area contributed by atoms with Crippen LogP contribution in [0.4, 0.5) is 0 Å². The highest BCUT2D eigenvalue weighted by atomic mass is 35.5. The first-order chi connectivity index (χ1) is 6.77. The first-order valence-electron chi connectivity index (χ1n) is 5.31. The van der Waals surface area contributed by atoms with Gasteiger partial charge in [-0.05, 0) is 36.0 Å². The van der Waals surface area contributed by atoms with Crippen molar-refractivity contribution in [2.45, 2.75) is 37.5 Å². The fourth-order valence-electron chi connectivity index (χ4n) is 1.75. The van der Waals surface area contributed by atoms with Crippen LogP contribution in [0, 0.1) is 5.92 Å². The summed E-state index contributed by atoms with van der Waals surface area (Å²) >= 11 is 6.38. The van der Waals surface area contributed by atoms with Crippen molar-refractivity contribution in [3.8, 4) is 0 Å². The second-order valence-electron chi connectivity index (χ2n) is 4.26. The van der Waals surface area contributed by atoms with Crippen molar-refractivity contribution in [1.29, 1.82) is 0 Å². The summed E-state index contributed by atoms with van der Waals surface area (Å²) in [6.45, 7) is 2.20. The van der Waals surface area contributed by atoms with Crippen molar-refractivity contribution in [2.24, 2.45) is 5.92 Å². The molecule has 0 aromatic carbocycles. The predicted octanol–water partition coefficient (Wildman–Crippen LogP) is 3.59. The van der Waals surface area contributed by atoms with Crippen LogP contribution in [0.3, 0.4) is 0 Å². The molecule has 2 heteroatoms. The topological polar surface area (TPSA) is 12.9 Å². The minimum atomic E-state index is 0.282. The van der Waals surface area contributed by atoms with E-state index in [9.17, 15) is 0 Å². The molecule has 14 heavy (non-hydrogen) atoms. The van der Waals surface area contributed by atoms with Gasteiger partial charge in [-0.15, -0.1) is 11.6 Å². The quantitative estimate of drug-likeness (QED) is 0.691. The third-order valence-corrected chi connectivity index (χ3v) is 3.59. The van der Waals surface area contributed by atoms with Crippen LogP contribution in [-0.4, -0.2) is 10.4 Å². The summed E-state index contributed by atoms with van der Waals surface area (Å²) in [5.74, 6) is 1.35. The summed E-state index contributed by atoms with van der Waals surface area (Å²) in [5, 5.41) is 0.282. The third-order valence-electron chi connectivity index (χ3n) is 3.03. The Bertz CT molecular complexity index is 282. The second kappa shape index (κ2) is 4.31. The lowest BCUT2D eigenvalue weighted by molar-refractivity contribution is 0.601. The van der Waals surface area contributed by atoms with Gasteiger partial charge in [0.15, 0.2) is 0 Å². The van der Waals surface area contributed by atoms with Gasteiger partial charge >= 0.3 is 0 Å². The molecule has 1 aromatic rings. The Labute approximate surface area is 90.5 Å². The van der Waals surface area contributed by atoms with Crippen molar-refractivity contribution < 1.29 is 0 Å². The van der Waals surface area contributed by atoms with Crippen LogP contribution in [0.25, 0.3) is 0 Å². The zero-order chi connectivity index (χ0) is 9.97. The maximum absolute atomic E-state index is 6.38. The molecule has 1 nitrogen and oxygen atoms in total. The SMILES string of the molecule is CC(c1ccncc1)C(Cl)CC1CC1. The molecule has 1 aliphatic carbocycles. The maximum atomic E-state index is 6.38. The van der Waals surface area contributed by atoms with Gasteiger partial charge in [0.2, 0.25) is 0 Å². The molecule has 1 heterocycles. The van der Waals surface area contributed by atoms with Crippen LogP contribution < -0.4 is 0 Å². The molecule has 0 saturated heterocycles. The molecule has 0 radical (unpaired) electrons. The van der Waals surface area contributed by atoms with Gasteiger partial charge in [-0.3, -0.25) is 4.98 Å². The Hall–Kier alpha value is -0.560. The molecule has 76 valence electrons. The van der Waals surface area contributed by atoms with Crippen molar-refractivity contribution in [3.05, 3.63) is 30.1 Å². The Kier molecular flexibility index (Phi) is 3.07. The molecule has 0 amide bonds. The van der Waals surface area contributed by atoms with Crippen LogP contribution in [-0.2, 0) is 0 Å². The van der Waals surface area contributed by atoms with Gasteiger partial charge in [-0.25, -0.2) is 0 Å². The summed E-state index contributed by atoms with van der Waals surface area (Å²) in [6, 6.07) is 4.12. The molecule has 1 aromatic heterocycles. The van der Waals surface area contributed by atoms with Crippen LogP contribution in [0.1, 0.15) is 37.7 Å². The Morgan fingerprint density at radius 2 is 2.07 bits per heavy atom. The fourth-order valence-corrected chi connectivity index (χ4v) is 2.15. The summed E-state index contributed by atoms with van der Waals surface area (Å²) in [6.07, 6.45) is 7.61. The van der Waals surface area contributed by atoms with Gasteiger partial charge in [0.05, 0.1) is 0 Å². The summed E-state index contributed by atoms with van der Waals surface area (Å²) in [7, 11) is 0. The zero-order valence-corrected chi connectivity index (χ0v) is 9.24. The minimum Gasteiger partial charge on any atom is -0.265 e. The molecule has 0 aliphatic heterocycles. The van der Waals surface area contributed by atoms with Gasteiger partial charge in [0.25, 0.3) is 0 Å². The van der Waals surface area contributed by atoms with E-state index in [-0.39, 0.29) is 5.38 Å². The van der Waals surface area contributed by atoms with E-state index in [4.69, 9.17) is 11.6 Å². The summed E-state index contributed by atoms with van der Waals surface area (Å²) in [5.41, 5.74) is 1.31. The highest BCUT2D eigenvalue weighted by molar-refractivity contribution is 6.21. The first kappa shape index (κ1) is 9.97. The maximum Gasteiger partial charge on any atom is 0.0404 e. The van der Waals surface area contributed by atoms with E-state index < -0.39 is 0 Å². The molecule has 1 aliphatic rings. The highest BCUT2D eigenvalue weighted by Crippen LogP contribution is 2.38. The smallest absolute Gasteiger partial charge is 0.0404 e. The van der Waals surface area contributed by atoms with Crippen molar-refractivity contribution in [2.75, 3.05) is 0 Å². The van der Waals surface area contributed by atoms with E-state index in [1.165, 1.54) is 24.8 Å². The van der Waals surface area contributed by atoms with E-state index in [0.717, 1.165) is 5.92 Å². The predicted molar refractivity (Wildman–Crippen MR) is 59.6 cm³/mol. The number of rotatable bonds is 4. The minimum absolute atomic E-state index is 0.282. The van der Waals surface area contributed by atoms with Crippen molar-refractivity contribution in [3.63, 3.8) is 0 Å². The Balaban J connectivity index is 1.96. The monoisotopic (exact) mass is 209 g/mol. The van der Waals surface area contributed by atoms with Gasteiger partial charge in [0.1, 0.15) is 0 Å². The molecule has 1 saturated carbocycles. The van der Waals surface area contributed by atoms with Gasteiger partial charge < -0.3 is 0 Å². The summed E-state index contributed by atoms with van der Waals surface area (Å²) in [4.78, 5) is 4.02. The molecule has 2 unspecified atom stereocenters. The van der Waals surface area contributed by atoms with Crippen molar-refractivity contribution in [1.82, 2.24) is 4.98 Å². The number of aromatic nitrogens is 1. The number of hydrogen-bond acceptors (Lipinski definition) is 1. The van der Waals surface area contributed by atoms with E-state index >= 15 is 0 Å². The second-order valence-corrected chi connectivity index (χ2v) is 4.82. The molecular formula is C12H16ClN. The van der Waals surface area contributed by atoms with Crippen molar-refractivity contribution >= 4 is 11.6 Å². The molecule has 2 atom stereocenters. The van der Waals surface area contributed by atoms with Gasteiger partial charge in [0, 0.05) is 17.8 Å². The summed E-state index contributed by atoms with van der Waals surface area (Å²) < 4.78 is 0. The van der Waals surface area contributed by atoms with E-state index in [0.29, 0.717) is 5.92 Å². The molecule has 2 rings (SSSR count). The lowest BCUT2D eigenvalue weighted by atomic mass is 9.95. The van der Waals surface area contributed by atoms with Crippen LogP contribution >= 0.6 is 11.6 Å². The van der Waals surface area contributed by atoms with E-state index in [1.807, 2.05) is 12.4 Å². The molecule has 0 N–H and O–H groups in total. The van der Waals surface area contributed by atoms with Gasteiger partial charge in [-0.2, -0.15) is 0 Å². The number of halogens is 1. The highest BCUT2D eigenvalue weighted by Gasteiger charge is 2.27. The van der Waals surface area contributed by atoms with Crippen LogP contribution in [0.15, 0.2) is 24.5 Å². The molecule has 0 bridgehead atoms. The largest absolute Gasteiger partial charge is 0.265 e. The molecule has 0 spiro atoms. The fraction of sp³-hybridized carbons (Fsp3) is 0.583. The standard InChI is InChI=1S/C12H16ClN/c1-9(11-4-6-14-7-5-11)12(13)8-10-2-3-10/h4-7,9-10,12H,2-3,8H2,1H3. The average Bonchev–Trinajstić information content (AvgIpc) is 3.02. The molecular weight excluding hydrogens is 194 g/mol. The van der Waals surface area contributed by atoms with E-state index in [1.54, 1.807) is 0 Å². The molecule has 1 fully saturated rings. The number of pyridine rings is 1. The number of alkyl halides is 1.